The molecule has 0 spiro atoms. The number of hydrogen-bond donors (Lipinski definition) is 2. The van der Waals surface area contributed by atoms with Crippen molar-refractivity contribution in [1.29, 1.82) is 0 Å². The quantitative estimate of drug-likeness (QED) is 0.750. The van der Waals surface area contributed by atoms with E-state index in [4.69, 9.17) is 0 Å². The van der Waals surface area contributed by atoms with E-state index in [1.165, 1.54) is 11.3 Å². The third-order valence-electron chi connectivity index (χ3n) is 5.07. The van der Waals surface area contributed by atoms with Crippen LogP contribution in [0.4, 0.5) is 0 Å². The summed E-state index contributed by atoms with van der Waals surface area (Å²) in [4.78, 5) is 43.5. The minimum atomic E-state index is -0.562. The summed E-state index contributed by atoms with van der Waals surface area (Å²) in [5.41, 5.74) is 6.50. The van der Waals surface area contributed by atoms with Crippen molar-refractivity contribution < 1.29 is 14.4 Å². The fraction of sp³-hybridized carbons (Fsp3) is 0.368. The van der Waals surface area contributed by atoms with Crippen molar-refractivity contribution in [3.8, 4) is 10.6 Å². The molecule has 2 atom stereocenters. The van der Waals surface area contributed by atoms with Gasteiger partial charge in [-0.1, -0.05) is 30.3 Å². The standard InChI is InChI=1S/C19H20N4O3S2/c1-11-15(28-18(20-11)12-6-4-3-5-7-12)17(26)22-21-16(25)13-10-27-19(2)9-8-14(24)23(13)19/h3-7,13H,8-10H2,1-2H3,(H,21,25)(H,22,26). The lowest BCUT2D eigenvalue weighted by molar-refractivity contribution is -0.138. The Bertz CT molecular complexity index is 946. The van der Waals surface area contributed by atoms with Crippen LogP contribution in [0.25, 0.3) is 10.6 Å². The molecule has 2 fully saturated rings. The van der Waals surface area contributed by atoms with Crippen molar-refractivity contribution in [3.05, 3.63) is 40.9 Å². The number of hydrazine groups is 1. The van der Waals surface area contributed by atoms with E-state index >= 15 is 0 Å². The van der Waals surface area contributed by atoms with Crippen molar-refractivity contribution in [2.24, 2.45) is 0 Å². The first-order valence-corrected chi connectivity index (χ1v) is 10.8. The maximum absolute atomic E-state index is 12.6. The molecule has 3 heterocycles. The fourth-order valence-corrected chi connectivity index (χ4v) is 5.98. The third kappa shape index (κ3) is 3.29. The zero-order valence-corrected chi connectivity index (χ0v) is 17.2. The number of nitrogens with one attached hydrogen (secondary N) is 2. The molecule has 2 aliphatic heterocycles. The molecule has 2 N–H and O–H groups in total. The van der Waals surface area contributed by atoms with Gasteiger partial charge in [0, 0.05) is 17.7 Å². The van der Waals surface area contributed by atoms with Crippen LogP contribution in [-0.4, -0.2) is 44.3 Å². The molecule has 2 aromatic rings. The average Bonchev–Trinajstić information content (AvgIpc) is 3.33. The smallest absolute Gasteiger partial charge is 0.281 e. The minimum Gasteiger partial charge on any atom is -0.315 e. The lowest BCUT2D eigenvalue weighted by Gasteiger charge is -2.29. The van der Waals surface area contributed by atoms with Crippen molar-refractivity contribution in [2.45, 2.75) is 37.6 Å². The summed E-state index contributed by atoms with van der Waals surface area (Å²) < 4.78 is 0. The molecule has 28 heavy (non-hydrogen) atoms. The minimum absolute atomic E-state index is 0.00946. The highest BCUT2D eigenvalue weighted by molar-refractivity contribution is 8.01. The third-order valence-corrected chi connectivity index (χ3v) is 7.78. The molecular weight excluding hydrogens is 396 g/mol. The van der Waals surface area contributed by atoms with Gasteiger partial charge in [0.1, 0.15) is 15.9 Å². The summed E-state index contributed by atoms with van der Waals surface area (Å²) in [5, 5.41) is 0.750. The molecule has 146 valence electrons. The van der Waals surface area contributed by atoms with Gasteiger partial charge in [0.15, 0.2) is 0 Å². The summed E-state index contributed by atoms with van der Waals surface area (Å²) in [5.74, 6) is -0.261. The number of thioether (sulfide) groups is 1. The molecular formula is C19H20N4O3S2. The van der Waals surface area contributed by atoms with Crippen LogP contribution in [-0.2, 0) is 9.59 Å². The second-order valence-electron chi connectivity index (χ2n) is 7.01. The van der Waals surface area contributed by atoms with Gasteiger partial charge in [0.05, 0.1) is 10.6 Å². The summed E-state index contributed by atoms with van der Waals surface area (Å²) in [6.07, 6.45) is 1.21. The van der Waals surface area contributed by atoms with Gasteiger partial charge < -0.3 is 4.90 Å². The number of aromatic nitrogens is 1. The lowest BCUT2D eigenvalue weighted by atomic mass is 10.2. The van der Waals surface area contributed by atoms with E-state index in [1.807, 2.05) is 37.3 Å². The van der Waals surface area contributed by atoms with Gasteiger partial charge in [-0.2, -0.15) is 0 Å². The van der Waals surface area contributed by atoms with Crippen molar-refractivity contribution in [2.75, 3.05) is 5.75 Å². The monoisotopic (exact) mass is 416 g/mol. The summed E-state index contributed by atoms with van der Waals surface area (Å²) in [6, 6.07) is 9.06. The number of carbonyl (C=O) groups is 3. The Morgan fingerprint density at radius 1 is 1.25 bits per heavy atom. The molecule has 9 heteroatoms. The van der Waals surface area contributed by atoms with Crippen LogP contribution in [0.2, 0.25) is 0 Å². The first-order chi connectivity index (χ1) is 13.4. The number of hydrogen-bond acceptors (Lipinski definition) is 6. The molecule has 2 aliphatic rings. The van der Waals surface area contributed by atoms with E-state index in [-0.39, 0.29) is 16.7 Å². The maximum Gasteiger partial charge on any atom is 0.281 e. The fourth-order valence-electron chi connectivity index (χ4n) is 3.58. The molecule has 0 aliphatic carbocycles. The van der Waals surface area contributed by atoms with E-state index in [1.54, 1.807) is 23.6 Å². The van der Waals surface area contributed by atoms with E-state index < -0.39 is 11.9 Å². The van der Waals surface area contributed by atoms with Gasteiger partial charge >= 0.3 is 0 Å². The molecule has 7 nitrogen and oxygen atoms in total. The molecule has 2 saturated heterocycles. The number of rotatable bonds is 3. The highest BCUT2D eigenvalue weighted by Gasteiger charge is 2.52. The van der Waals surface area contributed by atoms with Crippen molar-refractivity contribution in [1.82, 2.24) is 20.7 Å². The summed E-state index contributed by atoms with van der Waals surface area (Å²) >= 11 is 2.89. The molecule has 2 unspecified atom stereocenters. The van der Waals surface area contributed by atoms with Crippen LogP contribution in [0.3, 0.4) is 0 Å². The van der Waals surface area contributed by atoms with Crippen LogP contribution in [0.5, 0.6) is 0 Å². The van der Waals surface area contributed by atoms with E-state index in [0.717, 1.165) is 17.0 Å². The predicted octanol–water partition coefficient (Wildman–Crippen LogP) is 2.33. The second-order valence-corrected chi connectivity index (χ2v) is 9.51. The number of aryl methyl sites for hydroxylation is 1. The van der Waals surface area contributed by atoms with Gasteiger partial charge in [-0.15, -0.1) is 23.1 Å². The summed E-state index contributed by atoms with van der Waals surface area (Å²) in [7, 11) is 0. The number of carbonyl (C=O) groups excluding carboxylic acids is 3. The van der Waals surface area contributed by atoms with E-state index in [9.17, 15) is 14.4 Å². The first kappa shape index (κ1) is 18.9. The zero-order chi connectivity index (χ0) is 19.9. The van der Waals surface area contributed by atoms with Gasteiger partial charge in [0.2, 0.25) is 5.91 Å². The molecule has 1 aromatic heterocycles. The number of benzene rings is 1. The highest BCUT2D eigenvalue weighted by Crippen LogP contribution is 2.47. The Morgan fingerprint density at radius 3 is 2.75 bits per heavy atom. The average molecular weight is 417 g/mol. The van der Waals surface area contributed by atoms with Crippen LogP contribution >= 0.6 is 23.1 Å². The Hall–Kier alpha value is -2.39. The van der Waals surface area contributed by atoms with Crippen LogP contribution in [0.1, 0.15) is 35.1 Å². The number of amides is 3. The Balaban J connectivity index is 1.42. The predicted molar refractivity (Wildman–Crippen MR) is 109 cm³/mol. The Morgan fingerprint density at radius 2 is 2.00 bits per heavy atom. The zero-order valence-electron chi connectivity index (χ0n) is 15.5. The summed E-state index contributed by atoms with van der Waals surface area (Å²) in [6.45, 7) is 3.75. The molecule has 3 amide bonds. The largest absolute Gasteiger partial charge is 0.315 e. The van der Waals surface area contributed by atoms with Gasteiger partial charge in [-0.25, -0.2) is 4.98 Å². The lowest BCUT2D eigenvalue weighted by Crippen LogP contribution is -2.54. The van der Waals surface area contributed by atoms with Gasteiger partial charge in [-0.05, 0) is 20.3 Å². The van der Waals surface area contributed by atoms with Crippen LogP contribution < -0.4 is 10.9 Å². The number of nitrogens with zero attached hydrogens (tertiary/aromatic N) is 2. The van der Waals surface area contributed by atoms with E-state index in [2.05, 4.69) is 15.8 Å². The van der Waals surface area contributed by atoms with Crippen LogP contribution in [0.15, 0.2) is 30.3 Å². The maximum atomic E-state index is 12.6. The first-order valence-electron chi connectivity index (χ1n) is 8.98. The molecule has 0 saturated carbocycles. The van der Waals surface area contributed by atoms with Gasteiger partial charge in [0.25, 0.3) is 11.8 Å². The topological polar surface area (TPSA) is 91.4 Å². The normalized spacial score (nSPS) is 23.6. The molecule has 0 radical (unpaired) electrons. The molecule has 1 aromatic carbocycles. The molecule has 4 rings (SSSR count). The SMILES string of the molecule is Cc1nc(-c2ccccc2)sc1C(=O)NNC(=O)C1CSC2(C)CCC(=O)N12. The Kier molecular flexibility index (Phi) is 4.88. The number of fused-ring (bicyclic) bond motifs is 1. The highest BCUT2D eigenvalue weighted by atomic mass is 32.2. The van der Waals surface area contributed by atoms with Crippen molar-refractivity contribution >= 4 is 40.8 Å². The van der Waals surface area contributed by atoms with Gasteiger partial charge in [-0.3, -0.25) is 25.2 Å². The van der Waals surface area contributed by atoms with Crippen LogP contribution in [0, 0.1) is 6.92 Å². The number of thiazole rings is 1. The van der Waals surface area contributed by atoms with E-state index in [0.29, 0.717) is 22.7 Å². The second kappa shape index (κ2) is 7.21. The Labute approximate surface area is 170 Å². The molecule has 0 bridgehead atoms. The van der Waals surface area contributed by atoms with Crippen molar-refractivity contribution in [3.63, 3.8) is 0 Å².